The smallest absolute Gasteiger partial charge is 0.248 e. The van der Waals surface area contributed by atoms with Crippen LogP contribution in [0.25, 0.3) is 0 Å². The van der Waals surface area contributed by atoms with E-state index in [1.54, 1.807) is 13.8 Å². The lowest BCUT2D eigenvalue weighted by Gasteiger charge is -2.31. The first-order valence-electron chi connectivity index (χ1n) is 11.4. The van der Waals surface area contributed by atoms with Crippen molar-refractivity contribution < 1.29 is 27.2 Å². The highest BCUT2D eigenvalue weighted by Crippen LogP contribution is 2.29. The summed E-state index contributed by atoms with van der Waals surface area (Å²) in [5.74, 6) is 1.13. The topological polar surface area (TPSA) is 111 Å². The van der Waals surface area contributed by atoms with Crippen molar-refractivity contribution in [3.05, 3.63) is 35.2 Å². The highest BCUT2D eigenvalue weighted by molar-refractivity contribution is 7.89. The van der Waals surface area contributed by atoms with Crippen LogP contribution in [0.2, 0.25) is 0 Å². The zero-order chi connectivity index (χ0) is 24.0. The van der Waals surface area contributed by atoms with Gasteiger partial charge in [0.05, 0.1) is 19.1 Å². The molecule has 1 aliphatic heterocycles. The maximum absolute atomic E-state index is 13.1. The van der Waals surface area contributed by atoms with Crippen molar-refractivity contribution >= 4 is 15.9 Å². The monoisotopic (exact) mass is 479 g/mol. The molecule has 10 heteroatoms. The summed E-state index contributed by atoms with van der Waals surface area (Å²) in [6.07, 6.45) is 1.90. The van der Waals surface area contributed by atoms with Crippen LogP contribution in [0.15, 0.2) is 27.6 Å². The summed E-state index contributed by atoms with van der Waals surface area (Å²) < 4.78 is 43.8. The van der Waals surface area contributed by atoms with Gasteiger partial charge < -0.3 is 19.3 Å². The Balaban J connectivity index is 1.58. The molecule has 1 N–H and O–H groups in total. The number of nitrogens with zero attached hydrogens (tertiary/aromatic N) is 2. The molecule has 0 saturated carbocycles. The molecule has 0 spiro atoms. The Hall–Kier alpha value is -2.59. The number of rotatable bonds is 10. The van der Waals surface area contributed by atoms with Crippen molar-refractivity contribution in [2.45, 2.75) is 51.9 Å². The summed E-state index contributed by atoms with van der Waals surface area (Å²) in [4.78, 5) is 12.9. The number of sulfonamides is 1. The van der Waals surface area contributed by atoms with Gasteiger partial charge in [-0.2, -0.15) is 4.31 Å². The largest absolute Gasteiger partial charge is 0.490 e. The first-order chi connectivity index (χ1) is 15.8. The molecule has 1 aromatic carbocycles. The summed E-state index contributed by atoms with van der Waals surface area (Å²) in [5.41, 5.74) is 1.36. The van der Waals surface area contributed by atoms with Gasteiger partial charge in [-0.25, -0.2) is 8.42 Å². The van der Waals surface area contributed by atoms with E-state index in [1.807, 2.05) is 32.0 Å². The van der Waals surface area contributed by atoms with Gasteiger partial charge in [0.15, 0.2) is 17.3 Å². The summed E-state index contributed by atoms with van der Waals surface area (Å²) in [6.45, 7) is 9.10. The van der Waals surface area contributed by atoms with E-state index >= 15 is 0 Å². The van der Waals surface area contributed by atoms with E-state index in [-0.39, 0.29) is 23.1 Å². The van der Waals surface area contributed by atoms with Crippen LogP contribution < -0.4 is 14.8 Å². The number of aromatic nitrogens is 1. The van der Waals surface area contributed by atoms with Gasteiger partial charge in [0.1, 0.15) is 10.6 Å². The zero-order valence-electron chi connectivity index (χ0n) is 19.7. The highest BCUT2D eigenvalue weighted by atomic mass is 32.2. The molecular formula is C23H33N3O6S. The van der Waals surface area contributed by atoms with Crippen LogP contribution >= 0.6 is 0 Å². The molecule has 182 valence electrons. The van der Waals surface area contributed by atoms with E-state index in [9.17, 15) is 13.2 Å². The molecule has 1 amide bonds. The third kappa shape index (κ3) is 5.86. The van der Waals surface area contributed by atoms with Gasteiger partial charge in [-0.3, -0.25) is 4.79 Å². The van der Waals surface area contributed by atoms with Crippen molar-refractivity contribution in [3.63, 3.8) is 0 Å². The minimum atomic E-state index is -3.76. The molecule has 9 nitrogen and oxygen atoms in total. The van der Waals surface area contributed by atoms with Gasteiger partial charge in [0, 0.05) is 19.6 Å². The number of nitrogens with one attached hydrogen (secondary N) is 1. The number of hydrogen-bond acceptors (Lipinski definition) is 7. The van der Waals surface area contributed by atoms with Gasteiger partial charge in [-0.1, -0.05) is 11.2 Å². The van der Waals surface area contributed by atoms with Gasteiger partial charge >= 0.3 is 0 Å². The second kappa shape index (κ2) is 11.0. The number of carbonyl (C=O) groups is 1. The lowest BCUT2D eigenvalue weighted by molar-refractivity contribution is -0.126. The van der Waals surface area contributed by atoms with E-state index < -0.39 is 15.9 Å². The van der Waals surface area contributed by atoms with Gasteiger partial charge in [0.25, 0.3) is 0 Å². The Kier molecular flexibility index (Phi) is 8.36. The average molecular weight is 480 g/mol. The molecule has 1 saturated heterocycles. The van der Waals surface area contributed by atoms with Crippen LogP contribution in [0.3, 0.4) is 0 Å². The van der Waals surface area contributed by atoms with Crippen LogP contribution in [-0.2, 0) is 21.2 Å². The Morgan fingerprint density at radius 1 is 1.21 bits per heavy atom. The lowest BCUT2D eigenvalue weighted by Crippen LogP contribution is -2.45. The highest BCUT2D eigenvalue weighted by Gasteiger charge is 2.36. The van der Waals surface area contributed by atoms with E-state index in [1.165, 1.54) is 4.31 Å². The van der Waals surface area contributed by atoms with E-state index in [0.717, 1.165) is 5.56 Å². The molecule has 1 unspecified atom stereocenters. The average Bonchev–Trinajstić information content (AvgIpc) is 3.14. The van der Waals surface area contributed by atoms with Gasteiger partial charge in [-0.15, -0.1) is 0 Å². The van der Waals surface area contributed by atoms with Gasteiger partial charge in [0.2, 0.25) is 15.9 Å². The fourth-order valence-corrected chi connectivity index (χ4v) is 5.89. The van der Waals surface area contributed by atoms with Crippen LogP contribution in [0.1, 0.15) is 43.7 Å². The Labute approximate surface area is 195 Å². The Bertz CT molecular complexity index is 1050. The SMILES string of the molecule is CCOc1ccc(CCNC(=O)C2CCCN(S(=O)(=O)c3c(C)noc3C)C2)cc1OCC. The van der Waals surface area contributed by atoms with Crippen molar-refractivity contribution in [3.8, 4) is 11.5 Å². The minimum absolute atomic E-state index is 0.101. The Morgan fingerprint density at radius 3 is 2.61 bits per heavy atom. The van der Waals surface area contributed by atoms with Gasteiger partial charge in [-0.05, 0) is 64.7 Å². The maximum Gasteiger partial charge on any atom is 0.248 e. The molecule has 2 aromatic rings. The fourth-order valence-electron chi connectivity index (χ4n) is 4.07. The van der Waals surface area contributed by atoms with Crippen LogP contribution in [0.5, 0.6) is 11.5 Å². The second-order valence-electron chi connectivity index (χ2n) is 8.04. The first-order valence-corrected chi connectivity index (χ1v) is 12.8. The summed E-state index contributed by atoms with van der Waals surface area (Å²) in [5, 5.41) is 6.72. The summed E-state index contributed by atoms with van der Waals surface area (Å²) in [6, 6.07) is 5.77. The number of piperidine rings is 1. The normalized spacial score (nSPS) is 17.0. The summed E-state index contributed by atoms with van der Waals surface area (Å²) >= 11 is 0. The molecule has 1 fully saturated rings. The molecule has 0 radical (unpaired) electrons. The van der Waals surface area contributed by atoms with E-state index in [0.29, 0.717) is 62.8 Å². The molecule has 2 heterocycles. The maximum atomic E-state index is 13.1. The fraction of sp³-hybridized carbons (Fsp3) is 0.565. The van der Waals surface area contributed by atoms with Crippen LogP contribution in [0.4, 0.5) is 0 Å². The predicted molar refractivity (Wildman–Crippen MR) is 123 cm³/mol. The molecule has 1 atom stereocenters. The predicted octanol–water partition coefficient (Wildman–Crippen LogP) is 2.85. The molecule has 0 bridgehead atoms. The van der Waals surface area contributed by atoms with E-state index in [4.69, 9.17) is 14.0 Å². The third-order valence-electron chi connectivity index (χ3n) is 5.64. The number of benzene rings is 1. The number of aryl methyl sites for hydroxylation is 2. The van der Waals surface area contributed by atoms with Crippen molar-refractivity contribution in [2.24, 2.45) is 5.92 Å². The van der Waals surface area contributed by atoms with Crippen molar-refractivity contribution in [2.75, 3.05) is 32.8 Å². The zero-order valence-corrected chi connectivity index (χ0v) is 20.5. The minimum Gasteiger partial charge on any atom is -0.490 e. The number of amides is 1. The van der Waals surface area contributed by atoms with Crippen LogP contribution in [-0.4, -0.2) is 56.6 Å². The number of carbonyl (C=O) groups excluding carboxylic acids is 1. The third-order valence-corrected chi connectivity index (χ3v) is 7.75. The standard InChI is InChI=1S/C23H33N3O6S/c1-5-30-20-10-9-18(14-21(20)31-6-2)11-12-24-23(27)19-8-7-13-26(15-19)33(28,29)22-16(3)25-32-17(22)4/h9-10,14,19H,5-8,11-13,15H2,1-4H3,(H,24,27). The lowest BCUT2D eigenvalue weighted by atomic mass is 9.99. The van der Waals surface area contributed by atoms with E-state index in [2.05, 4.69) is 10.5 Å². The quantitative estimate of drug-likeness (QED) is 0.558. The molecule has 1 aromatic heterocycles. The molecule has 3 rings (SSSR count). The van der Waals surface area contributed by atoms with Crippen LogP contribution in [0, 0.1) is 19.8 Å². The number of hydrogen-bond donors (Lipinski definition) is 1. The van der Waals surface area contributed by atoms with Crippen molar-refractivity contribution in [1.29, 1.82) is 0 Å². The summed E-state index contributed by atoms with van der Waals surface area (Å²) in [7, 11) is -3.76. The molecule has 33 heavy (non-hydrogen) atoms. The molecular weight excluding hydrogens is 446 g/mol. The molecule has 1 aliphatic rings. The second-order valence-corrected chi connectivity index (χ2v) is 9.92. The first kappa shape index (κ1) is 25.0. The van der Waals surface area contributed by atoms with Crippen molar-refractivity contribution in [1.82, 2.24) is 14.8 Å². The molecule has 0 aliphatic carbocycles. The Morgan fingerprint density at radius 2 is 1.94 bits per heavy atom. The number of ether oxygens (including phenoxy) is 2.